The van der Waals surface area contributed by atoms with Crippen molar-refractivity contribution in [1.82, 2.24) is 0 Å². The number of rotatable bonds is 6. The molecule has 1 saturated carbocycles. The van der Waals surface area contributed by atoms with E-state index < -0.39 is 10.8 Å². The van der Waals surface area contributed by atoms with Crippen molar-refractivity contribution in [3.8, 4) is 6.07 Å². The van der Waals surface area contributed by atoms with Crippen LogP contribution in [0.5, 0.6) is 0 Å². The first-order valence-corrected chi connectivity index (χ1v) is 6.26. The number of nitro groups is 1. The molecule has 20 heavy (non-hydrogen) atoms. The van der Waals surface area contributed by atoms with Crippen molar-refractivity contribution in [3.63, 3.8) is 0 Å². The minimum Gasteiger partial charge on any atom is -0.366 e. The van der Waals surface area contributed by atoms with E-state index in [9.17, 15) is 14.9 Å². The minimum absolute atomic E-state index is 0.108. The van der Waals surface area contributed by atoms with Gasteiger partial charge in [-0.15, -0.1) is 0 Å². The van der Waals surface area contributed by atoms with Crippen LogP contribution in [0, 0.1) is 21.4 Å². The largest absolute Gasteiger partial charge is 0.366 e. The number of amides is 1. The Labute approximate surface area is 115 Å². The average Bonchev–Trinajstić information content (AvgIpc) is 3.23. The van der Waals surface area contributed by atoms with Gasteiger partial charge in [0.25, 0.3) is 5.69 Å². The van der Waals surface area contributed by atoms with Gasteiger partial charge in [0.2, 0.25) is 5.91 Å². The highest BCUT2D eigenvalue weighted by atomic mass is 16.6. The molecule has 0 heterocycles. The van der Waals surface area contributed by atoms with E-state index in [1.165, 1.54) is 18.2 Å². The van der Waals surface area contributed by atoms with E-state index in [1.807, 2.05) is 11.0 Å². The van der Waals surface area contributed by atoms with Crippen LogP contribution in [0.2, 0.25) is 0 Å². The van der Waals surface area contributed by atoms with E-state index in [0.29, 0.717) is 18.7 Å². The zero-order valence-corrected chi connectivity index (χ0v) is 10.8. The first-order chi connectivity index (χ1) is 9.54. The Bertz CT molecular complexity index is 590. The van der Waals surface area contributed by atoms with Gasteiger partial charge in [0, 0.05) is 24.2 Å². The van der Waals surface area contributed by atoms with Crippen LogP contribution in [0.15, 0.2) is 18.2 Å². The van der Waals surface area contributed by atoms with Crippen LogP contribution < -0.4 is 10.6 Å². The normalized spacial score (nSPS) is 13.6. The fraction of sp³-hybridized carbons (Fsp3) is 0.385. The second-order valence-electron chi connectivity index (χ2n) is 4.66. The second-order valence-corrected chi connectivity index (χ2v) is 4.66. The van der Waals surface area contributed by atoms with Crippen molar-refractivity contribution in [1.29, 1.82) is 5.26 Å². The predicted octanol–water partition coefficient (Wildman–Crippen LogP) is 1.58. The van der Waals surface area contributed by atoms with Gasteiger partial charge in [-0.25, -0.2) is 0 Å². The van der Waals surface area contributed by atoms with E-state index in [4.69, 9.17) is 11.0 Å². The maximum Gasteiger partial charge on any atom is 0.293 e. The Kier molecular flexibility index (Phi) is 3.84. The molecule has 7 heteroatoms. The number of nitrogens with zero attached hydrogens (tertiary/aromatic N) is 3. The molecule has 2 rings (SSSR count). The van der Waals surface area contributed by atoms with Gasteiger partial charge in [0.15, 0.2) is 0 Å². The zero-order chi connectivity index (χ0) is 14.7. The standard InChI is InChI=1S/C13H14N4O3/c14-6-1-7-16(10-3-4-10)11-5-2-9(13(15)18)8-12(11)17(19)20/h2,5,8,10H,1,3-4,7H2,(H2,15,18). The topological polar surface area (TPSA) is 113 Å². The van der Waals surface area contributed by atoms with E-state index in [-0.39, 0.29) is 17.3 Å². The summed E-state index contributed by atoms with van der Waals surface area (Å²) >= 11 is 0. The summed E-state index contributed by atoms with van der Waals surface area (Å²) in [6.07, 6.45) is 2.21. The summed E-state index contributed by atoms with van der Waals surface area (Å²) in [5.74, 6) is -0.699. The molecule has 0 spiro atoms. The SMILES string of the molecule is N#CCCN(c1ccc(C(N)=O)cc1[N+](=O)[O-])C1CC1. The number of anilines is 1. The molecule has 1 aromatic carbocycles. The third kappa shape index (κ3) is 2.85. The lowest BCUT2D eigenvalue weighted by Gasteiger charge is -2.23. The quantitative estimate of drug-likeness (QED) is 0.624. The summed E-state index contributed by atoms with van der Waals surface area (Å²) in [6, 6.07) is 6.49. The maximum atomic E-state index is 11.2. The number of nitro benzene ring substituents is 1. The van der Waals surface area contributed by atoms with E-state index in [0.717, 1.165) is 12.8 Å². The van der Waals surface area contributed by atoms with Gasteiger partial charge in [-0.3, -0.25) is 14.9 Å². The molecule has 0 bridgehead atoms. The molecule has 1 aliphatic rings. The minimum atomic E-state index is -0.699. The van der Waals surface area contributed by atoms with Crippen molar-refractivity contribution < 1.29 is 9.72 Å². The van der Waals surface area contributed by atoms with Gasteiger partial charge in [0.05, 0.1) is 17.4 Å². The zero-order valence-electron chi connectivity index (χ0n) is 10.8. The molecule has 2 N–H and O–H groups in total. The summed E-state index contributed by atoms with van der Waals surface area (Å²) in [7, 11) is 0. The van der Waals surface area contributed by atoms with Crippen molar-refractivity contribution in [2.24, 2.45) is 5.73 Å². The highest BCUT2D eigenvalue weighted by Crippen LogP contribution is 2.37. The molecule has 1 aliphatic carbocycles. The fourth-order valence-corrected chi connectivity index (χ4v) is 2.12. The summed E-state index contributed by atoms with van der Waals surface area (Å²) in [5.41, 5.74) is 5.55. The van der Waals surface area contributed by atoms with E-state index in [1.54, 1.807) is 0 Å². The molecule has 104 valence electrons. The molecule has 0 aliphatic heterocycles. The first-order valence-electron chi connectivity index (χ1n) is 6.26. The Morgan fingerprint density at radius 3 is 2.75 bits per heavy atom. The number of primary amides is 1. The molecular formula is C13H14N4O3. The van der Waals surface area contributed by atoms with Crippen LogP contribution in [0.3, 0.4) is 0 Å². The van der Waals surface area contributed by atoms with Crippen LogP contribution in [0.25, 0.3) is 0 Å². The van der Waals surface area contributed by atoms with Crippen molar-refractivity contribution >= 4 is 17.3 Å². The van der Waals surface area contributed by atoms with Crippen LogP contribution in [-0.4, -0.2) is 23.4 Å². The number of hydrogen-bond acceptors (Lipinski definition) is 5. The number of carbonyl (C=O) groups is 1. The number of nitrogens with two attached hydrogens (primary N) is 1. The molecular weight excluding hydrogens is 260 g/mol. The molecule has 1 amide bonds. The Morgan fingerprint density at radius 2 is 2.25 bits per heavy atom. The van der Waals surface area contributed by atoms with Gasteiger partial charge >= 0.3 is 0 Å². The van der Waals surface area contributed by atoms with Crippen LogP contribution in [0.4, 0.5) is 11.4 Å². The lowest BCUT2D eigenvalue weighted by atomic mass is 10.1. The van der Waals surface area contributed by atoms with E-state index in [2.05, 4.69) is 0 Å². The highest BCUT2D eigenvalue weighted by molar-refractivity contribution is 5.94. The average molecular weight is 274 g/mol. The van der Waals surface area contributed by atoms with Crippen LogP contribution >= 0.6 is 0 Å². The lowest BCUT2D eigenvalue weighted by Crippen LogP contribution is -2.27. The number of hydrogen-bond donors (Lipinski definition) is 1. The van der Waals surface area contributed by atoms with Crippen molar-refractivity contribution in [3.05, 3.63) is 33.9 Å². The molecule has 0 radical (unpaired) electrons. The lowest BCUT2D eigenvalue weighted by molar-refractivity contribution is -0.384. The van der Waals surface area contributed by atoms with Crippen LogP contribution in [-0.2, 0) is 0 Å². The summed E-state index contributed by atoms with van der Waals surface area (Å²) in [4.78, 5) is 23.6. The van der Waals surface area contributed by atoms with Gasteiger partial charge < -0.3 is 10.6 Å². The van der Waals surface area contributed by atoms with Crippen molar-refractivity contribution in [2.45, 2.75) is 25.3 Å². The monoisotopic (exact) mass is 274 g/mol. The Hall–Kier alpha value is -2.62. The third-order valence-electron chi connectivity index (χ3n) is 3.22. The first kappa shape index (κ1) is 13.8. The van der Waals surface area contributed by atoms with Gasteiger partial charge in [0.1, 0.15) is 5.69 Å². The molecule has 1 aromatic rings. The van der Waals surface area contributed by atoms with E-state index >= 15 is 0 Å². The fourth-order valence-electron chi connectivity index (χ4n) is 2.12. The molecule has 0 aromatic heterocycles. The number of benzene rings is 1. The van der Waals surface area contributed by atoms with Crippen LogP contribution in [0.1, 0.15) is 29.6 Å². The molecule has 0 atom stereocenters. The molecule has 1 fully saturated rings. The maximum absolute atomic E-state index is 11.2. The summed E-state index contributed by atoms with van der Waals surface area (Å²) < 4.78 is 0. The van der Waals surface area contributed by atoms with Gasteiger partial charge in [-0.2, -0.15) is 5.26 Å². The third-order valence-corrected chi connectivity index (χ3v) is 3.22. The number of carbonyl (C=O) groups excluding carboxylic acids is 1. The van der Waals surface area contributed by atoms with Crippen molar-refractivity contribution in [2.75, 3.05) is 11.4 Å². The Balaban J connectivity index is 2.40. The van der Waals surface area contributed by atoms with Gasteiger partial charge in [-0.1, -0.05) is 0 Å². The second kappa shape index (κ2) is 5.57. The molecule has 0 saturated heterocycles. The molecule has 0 unspecified atom stereocenters. The molecule has 7 nitrogen and oxygen atoms in total. The Morgan fingerprint density at radius 1 is 1.55 bits per heavy atom. The predicted molar refractivity (Wildman–Crippen MR) is 72.2 cm³/mol. The smallest absolute Gasteiger partial charge is 0.293 e. The number of nitriles is 1. The van der Waals surface area contributed by atoms with Gasteiger partial charge in [-0.05, 0) is 25.0 Å². The summed E-state index contributed by atoms with van der Waals surface area (Å²) in [6.45, 7) is 0.442. The highest BCUT2D eigenvalue weighted by Gasteiger charge is 2.33. The summed E-state index contributed by atoms with van der Waals surface area (Å²) in [5, 5.41) is 19.9.